The molecule has 0 aromatic heterocycles. The Kier molecular flexibility index (Phi) is 43.9. The Morgan fingerprint density at radius 3 is 1.31 bits per heavy atom. The minimum atomic E-state index is -1.61. The van der Waals surface area contributed by atoms with Gasteiger partial charge in [0.25, 0.3) is 0 Å². The third-order valence-corrected chi connectivity index (χ3v) is 12.4. The first-order valence-corrected chi connectivity index (χ1v) is 27.4. The zero-order chi connectivity index (χ0) is 48.7. The van der Waals surface area contributed by atoms with Gasteiger partial charge in [-0.1, -0.05) is 203 Å². The fourth-order valence-corrected chi connectivity index (χ4v) is 8.06. The van der Waals surface area contributed by atoms with Crippen molar-refractivity contribution in [3.63, 3.8) is 0 Å². The normalized spacial score (nSPS) is 19.5. The predicted molar refractivity (Wildman–Crippen MR) is 275 cm³/mol. The van der Waals surface area contributed by atoms with Gasteiger partial charge in [0.05, 0.1) is 13.2 Å². The Morgan fingerprint density at radius 1 is 0.463 bits per heavy atom. The number of ether oxygens (including phenoxy) is 4. The minimum absolute atomic E-state index is 0.198. The fourth-order valence-electron chi connectivity index (χ4n) is 8.06. The summed E-state index contributed by atoms with van der Waals surface area (Å²) in [5.74, 6) is -0.869. The highest BCUT2D eigenvalue weighted by molar-refractivity contribution is 5.70. The second-order valence-electron chi connectivity index (χ2n) is 18.7. The summed E-state index contributed by atoms with van der Waals surface area (Å²) in [5.41, 5.74) is 0. The molecule has 1 saturated heterocycles. The Hall–Kier alpha value is -2.60. The maximum atomic E-state index is 12.9. The van der Waals surface area contributed by atoms with E-state index in [1.165, 1.54) is 148 Å². The monoisotopic (exact) mass is 945 g/mol. The second kappa shape index (κ2) is 47.1. The smallest absolute Gasteiger partial charge is 0.306 e. The van der Waals surface area contributed by atoms with Crippen LogP contribution in [0.5, 0.6) is 0 Å². The van der Waals surface area contributed by atoms with Gasteiger partial charge in [-0.2, -0.15) is 0 Å². The number of carbonyl (C=O) groups is 2. The van der Waals surface area contributed by atoms with Gasteiger partial charge in [-0.05, 0) is 77.0 Å². The SMILES string of the molecule is CCCCCCCC/C=C/CCCCCCCCCCCCCC(=O)O[C@@H](COC(=O)CCC/C=C/C/C=C/C/C=C/C/C=C/CCCCCCCCC)CO[C@H]1O[C@@H](CO)[C@@H](O)C(O)C1O. The van der Waals surface area contributed by atoms with Gasteiger partial charge in [0.15, 0.2) is 12.4 Å². The number of carbonyl (C=O) groups excluding carboxylic acids is 2. The first-order chi connectivity index (χ1) is 32.8. The second-order valence-corrected chi connectivity index (χ2v) is 18.7. The largest absolute Gasteiger partial charge is 0.462 e. The predicted octanol–water partition coefficient (Wildman–Crippen LogP) is 13.3. The molecular formula is C57H100O10. The number of aliphatic hydroxyl groups is 4. The molecule has 0 aromatic carbocycles. The lowest BCUT2D eigenvalue weighted by molar-refractivity contribution is -0.305. The van der Waals surface area contributed by atoms with Gasteiger partial charge >= 0.3 is 11.9 Å². The van der Waals surface area contributed by atoms with E-state index < -0.39 is 55.4 Å². The Labute approximate surface area is 409 Å². The molecule has 1 aliphatic heterocycles. The molecule has 10 nitrogen and oxygen atoms in total. The number of allylic oxidation sites excluding steroid dienone is 10. The molecule has 4 N–H and O–H groups in total. The van der Waals surface area contributed by atoms with E-state index in [1.54, 1.807) is 0 Å². The van der Waals surface area contributed by atoms with Crippen LogP contribution in [0, 0.1) is 0 Å². The van der Waals surface area contributed by atoms with Gasteiger partial charge in [0, 0.05) is 12.8 Å². The number of hydrogen-bond donors (Lipinski definition) is 4. The van der Waals surface area contributed by atoms with Crippen molar-refractivity contribution in [3.8, 4) is 0 Å². The van der Waals surface area contributed by atoms with E-state index >= 15 is 0 Å². The van der Waals surface area contributed by atoms with Crippen molar-refractivity contribution in [2.75, 3.05) is 19.8 Å². The van der Waals surface area contributed by atoms with Crippen LogP contribution in [0.2, 0.25) is 0 Å². The molecule has 0 bridgehead atoms. The van der Waals surface area contributed by atoms with Gasteiger partial charge < -0.3 is 39.4 Å². The Balaban J connectivity index is 2.28. The molecule has 67 heavy (non-hydrogen) atoms. The number of hydrogen-bond acceptors (Lipinski definition) is 10. The van der Waals surface area contributed by atoms with Gasteiger partial charge in [0.2, 0.25) is 0 Å². The van der Waals surface area contributed by atoms with E-state index in [-0.39, 0.29) is 26.1 Å². The number of aliphatic hydroxyl groups excluding tert-OH is 4. The quantitative estimate of drug-likeness (QED) is 0.0264. The molecule has 1 aliphatic rings. The summed E-state index contributed by atoms with van der Waals surface area (Å²) in [6.45, 7) is 3.39. The zero-order valence-electron chi connectivity index (χ0n) is 42.6. The maximum absolute atomic E-state index is 12.9. The lowest BCUT2D eigenvalue weighted by Gasteiger charge is -2.39. The minimum Gasteiger partial charge on any atom is -0.462 e. The first kappa shape index (κ1) is 62.4. The maximum Gasteiger partial charge on any atom is 0.306 e. The average molecular weight is 945 g/mol. The van der Waals surface area contributed by atoms with E-state index in [9.17, 15) is 30.0 Å². The molecule has 0 aliphatic carbocycles. The van der Waals surface area contributed by atoms with Crippen LogP contribution in [-0.2, 0) is 28.5 Å². The van der Waals surface area contributed by atoms with Gasteiger partial charge in [-0.15, -0.1) is 0 Å². The van der Waals surface area contributed by atoms with Crippen molar-refractivity contribution in [3.05, 3.63) is 60.8 Å². The first-order valence-electron chi connectivity index (χ1n) is 27.4. The van der Waals surface area contributed by atoms with Crippen LogP contribution in [0.15, 0.2) is 60.8 Å². The Bertz CT molecular complexity index is 1280. The molecule has 388 valence electrons. The fraction of sp³-hybridized carbons (Fsp3) is 0.789. The van der Waals surface area contributed by atoms with Crippen molar-refractivity contribution in [2.45, 2.75) is 269 Å². The van der Waals surface area contributed by atoms with Crippen molar-refractivity contribution in [1.29, 1.82) is 0 Å². The highest BCUT2D eigenvalue weighted by Crippen LogP contribution is 2.23. The number of rotatable bonds is 46. The molecule has 0 spiro atoms. The van der Waals surface area contributed by atoms with Crippen LogP contribution >= 0.6 is 0 Å². The van der Waals surface area contributed by atoms with Gasteiger partial charge in [-0.3, -0.25) is 9.59 Å². The summed E-state index contributed by atoms with van der Waals surface area (Å²) in [6, 6.07) is 0. The summed E-state index contributed by atoms with van der Waals surface area (Å²) < 4.78 is 22.2. The summed E-state index contributed by atoms with van der Waals surface area (Å²) in [7, 11) is 0. The molecule has 10 heteroatoms. The van der Waals surface area contributed by atoms with E-state index in [0.717, 1.165) is 44.9 Å². The Morgan fingerprint density at radius 2 is 0.851 bits per heavy atom. The van der Waals surface area contributed by atoms with E-state index in [0.29, 0.717) is 12.8 Å². The van der Waals surface area contributed by atoms with E-state index in [4.69, 9.17) is 18.9 Å². The summed E-state index contributed by atoms with van der Waals surface area (Å²) in [4.78, 5) is 25.5. The third-order valence-electron chi connectivity index (χ3n) is 12.4. The van der Waals surface area contributed by atoms with Gasteiger partial charge in [0.1, 0.15) is 31.0 Å². The van der Waals surface area contributed by atoms with Crippen molar-refractivity contribution in [2.24, 2.45) is 0 Å². The topological polar surface area (TPSA) is 152 Å². The van der Waals surface area contributed by atoms with E-state index in [2.05, 4.69) is 74.6 Å². The molecular weight excluding hydrogens is 845 g/mol. The van der Waals surface area contributed by atoms with Crippen molar-refractivity contribution in [1.82, 2.24) is 0 Å². The molecule has 0 amide bonds. The molecule has 6 atom stereocenters. The van der Waals surface area contributed by atoms with Crippen LogP contribution in [0.1, 0.15) is 232 Å². The highest BCUT2D eigenvalue weighted by Gasteiger charge is 2.44. The summed E-state index contributed by atoms with van der Waals surface area (Å²) >= 11 is 0. The lowest BCUT2D eigenvalue weighted by Crippen LogP contribution is -2.59. The van der Waals surface area contributed by atoms with Crippen LogP contribution in [0.3, 0.4) is 0 Å². The van der Waals surface area contributed by atoms with E-state index in [1.807, 2.05) is 0 Å². The van der Waals surface area contributed by atoms with Crippen LogP contribution < -0.4 is 0 Å². The molecule has 2 unspecified atom stereocenters. The molecule has 0 aromatic rings. The molecule has 0 radical (unpaired) electrons. The molecule has 1 rings (SSSR count). The van der Waals surface area contributed by atoms with Gasteiger partial charge in [-0.25, -0.2) is 0 Å². The lowest BCUT2D eigenvalue weighted by atomic mass is 9.99. The third kappa shape index (κ3) is 37.9. The number of unbranched alkanes of at least 4 members (excludes halogenated alkanes) is 25. The van der Waals surface area contributed by atoms with Crippen LogP contribution in [-0.4, -0.2) is 89.0 Å². The molecule has 1 heterocycles. The molecule has 1 fully saturated rings. The highest BCUT2D eigenvalue weighted by atomic mass is 16.7. The molecule has 0 saturated carbocycles. The standard InChI is InChI=1S/C57H100O10/c1-3-5-7-9-11-13-15-17-19-21-23-25-27-29-31-33-35-37-39-41-43-45-52(59)64-48-50(49-65-57-56(63)55(62)54(61)51(47-58)67-57)66-53(60)46-44-42-40-38-36-34-32-30-28-26-24-22-20-18-16-14-12-10-8-6-4-2/h18-21,25,27,31,33,37,39,50-51,54-58,61-63H,3-17,22-24,26,28-30,32,34-36,38,40-49H2,1-2H3/b20-18+,21-19+,27-25+,33-31+,39-37+/t50-,51-,54+,55?,56?,57-/m0/s1. The van der Waals surface area contributed by atoms with Crippen molar-refractivity contribution >= 4 is 11.9 Å². The zero-order valence-corrected chi connectivity index (χ0v) is 42.6. The van der Waals surface area contributed by atoms with Crippen LogP contribution in [0.4, 0.5) is 0 Å². The van der Waals surface area contributed by atoms with Crippen LogP contribution in [0.25, 0.3) is 0 Å². The number of esters is 2. The average Bonchev–Trinajstić information content (AvgIpc) is 3.33. The summed E-state index contributed by atoms with van der Waals surface area (Å²) in [6.07, 6.45) is 52.4. The van der Waals surface area contributed by atoms with Crippen molar-refractivity contribution < 1.29 is 49.0 Å². The summed E-state index contributed by atoms with van der Waals surface area (Å²) in [5, 5.41) is 40.2.